The summed E-state index contributed by atoms with van der Waals surface area (Å²) in [6.07, 6.45) is 0.247. The highest BCUT2D eigenvalue weighted by molar-refractivity contribution is 9.10. The first-order valence-corrected chi connectivity index (χ1v) is 6.76. The van der Waals surface area contributed by atoms with Crippen LogP contribution in [0.15, 0.2) is 34.1 Å². The van der Waals surface area contributed by atoms with E-state index in [4.69, 9.17) is 0 Å². The summed E-state index contributed by atoms with van der Waals surface area (Å²) in [6, 6.07) is 6.79. The number of hydrogen-bond acceptors (Lipinski definition) is 2. The van der Waals surface area contributed by atoms with Crippen LogP contribution >= 0.6 is 27.3 Å². The molecule has 1 heterocycles. The number of carbonyl (C=O) groups is 1. The van der Waals surface area contributed by atoms with Gasteiger partial charge in [-0.3, -0.25) is 4.79 Å². The summed E-state index contributed by atoms with van der Waals surface area (Å²) in [4.78, 5) is 12.9. The third kappa shape index (κ3) is 2.82. The van der Waals surface area contributed by atoms with Gasteiger partial charge >= 0.3 is 0 Å². The second-order valence-corrected chi connectivity index (χ2v) is 5.68. The molecule has 0 saturated heterocycles. The lowest BCUT2D eigenvalue weighted by Gasteiger charge is -2.03. The van der Waals surface area contributed by atoms with E-state index in [1.807, 2.05) is 11.4 Å². The minimum atomic E-state index is -0.409. The van der Waals surface area contributed by atoms with Gasteiger partial charge in [-0.25, -0.2) is 4.39 Å². The van der Waals surface area contributed by atoms with Gasteiger partial charge in [0.05, 0.1) is 5.56 Å². The molecule has 1 aromatic heterocycles. The zero-order valence-electron chi connectivity index (χ0n) is 9.17. The molecule has 0 unspecified atom stereocenters. The topological polar surface area (TPSA) is 17.1 Å². The van der Waals surface area contributed by atoms with E-state index in [1.165, 1.54) is 17.4 Å². The number of thiophene rings is 1. The Morgan fingerprint density at radius 2 is 2.24 bits per heavy atom. The molecule has 1 aromatic carbocycles. The molecule has 17 heavy (non-hydrogen) atoms. The van der Waals surface area contributed by atoms with Crippen LogP contribution in [-0.2, 0) is 6.42 Å². The molecule has 0 spiro atoms. The molecule has 4 heteroatoms. The van der Waals surface area contributed by atoms with Crippen molar-refractivity contribution in [3.05, 3.63) is 55.9 Å². The third-order valence-electron chi connectivity index (χ3n) is 2.45. The van der Waals surface area contributed by atoms with E-state index in [1.54, 1.807) is 19.1 Å². The van der Waals surface area contributed by atoms with E-state index >= 15 is 0 Å². The summed E-state index contributed by atoms with van der Waals surface area (Å²) in [5, 5.41) is 1.91. The number of rotatable bonds is 3. The van der Waals surface area contributed by atoms with E-state index in [9.17, 15) is 9.18 Å². The van der Waals surface area contributed by atoms with Crippen LogP contribution in [0.5, 0.6) is 0 Å². The van der Waals surface area contributed by atoms with Gasteiger partial charge in [-0.15, -0.1) is 11.3 Å². The fraction of sp³-hybridized carbons (Fsp3) is 0.154. The maximum absolute atomic E-state index is 13.7. The first kappa shape index (κ1) is 12.5. The first-order chi connectivity index (χ1) is 8.08. The second kappa shape index (κ2) is 5.10. The predicted molar refractivity (Wildman–Crippen MR) is 71.2 cm³/mol. The van der Waals surface area contributed by atoms with E-state index < -0.39 is 5.82 Å². The van der Waals surface area contributed by atoms with Crippen molar-refractivity contribution in [3.8, 4) is 0 Å². The minimum Gasteiger partial charge on any atom is -0.294 e. The number of aryl methyl sites for hydroxylation is 1. The Labute approximate surface area is 111 Å². The highest BCUT2D eigenvalue weighted by Gasteiger charge is 2.14. The molecule has 88 valence electrons. The van der Waals surface area contributed by atoms with Gasteiger partial charge < -0.3 is 0 Å². The number of hydrogen-bond donors (Lipinski definition) is 0. The average Bonchev–Trinajstić information content (AvgIpc) is 2.68. The number of halogens is 2. The molecule has 0 aliphatic rings. The van der Waals surface area contributed by atoms with Crippen molar-refractivity contribution < 1.29 is 9.18 Å². The fourth-order valence-electron chi connectivity index (χ4n) is 1.56. The summed E-state index contributed by atoms with van der Waals surface area (Å²) >= 11 is 4.82. The van der Waals surface area contributed by atoms with E-state index in [0.717, 1.165) is 9.35 Å². The Hall–Kier alpha value is -1.000. The monoisotopic (exact) mass is 312 g/mol. The fourth-order valence-corrected chi connectivity index (χ4v) is 3.01. The highest BCUT2D eigenvalue weighted by Crippen LogP contribution is 2.22. The minimum absolute atomic E-state index is 0.175. The molecule has 0 N–H and O–H groups in total. The number of benzene rings is 1. The van der Waals surface area contributed by atoms with Crippen LogP contribution < -0.4 is 0 Å². The maximum atomic E-state index is 13.7. The lowest BCUT2D eigenvalue weighted by atomic mass is 10.0. The molecule has 0 bridgehead atoms. The van der Waals surface area contributed by atoms with Crippen molar-refractivity contribution in [1.82, 2.24) is 0 Å². The van der Waals surface area contributed by atoms with Crippen LogP contribution in [0.25, 0.3) is 0 Å². The van der Waals surface area contributed by atoms with Gasteiger partial charge in [-0.1, -0.05) is 12.1 Å². The number of ketones is 1. The smallest absolute Gasteiger partial charge is 0.171 e. The van der Waals surface area contributed by atoms with Gasteiger partial charge in [0.15, 0.2) is 5.78 Å². The molecule has 0 fully saturated rings. The number of carbonyl (C=O) groups excluding carboxylic acids is 1. The highest BCUT2D eigenvalue weighted by atomic mass is 79.9. The normalized spacial score (nSPS) is 10.5. The van der Waals surface area contributed by atoms with E-state index in [0.29, 0.717) is 5.56 Å². The summed E-state index contributed by atoms with van der Waals surface area (Å²) in [5.74, 6) is -0.589. The Bertz CT molecular complexity index is 562. The Morgan fingerprint density at radius 3 is 2.88 bits per heavy atom. The van der Waals surface area contributed by atoms with Gasteiger partial charge in [0.1, 0.15) is 5.82 Å². The van der Waals surface area contributed by atoms with Gasteiger partial charge in [0.2, 0.25) is 0 Å². The molecule has 2 rings (SSSR count). The maximum Gasteiger partial charge on any atom is 0.171 e. The van der Waals surface area contributed by atoms with Crippen LogP contribution in [0, 0.1) is 12.7 Å². The summed E-state index contributed by atoms with van der Waals surface area (Å²) in [6.45, 7) is 1.66. The molecule has 2 aromatic rings. The molecule has 0 aliphatic heterocycles. The summed E-state index contributed by atoms with van der Waals surface area (Å²) < 4.78 is 14.7. The lowest BCUT2D eigenvalue weighted by molar-refractivity contribution is 0.0990. The lowest BCUT2D eigenvalue weighted by Crippen LogP contribution is -2.06. The summed E-state index contributed by atoms with van der Waals surface area (Å²) in [7, 11) is 0. The van der Waals surface area contributed by atoms with Crippen molar-refractivity contribution in [2.24, 2.45) is 0 Å². The molecule has 0 aliphatic carbocycles. The van der Waals surface area contributed by atoms with Gasteiger partial charge in [-0.05, 0) is 40.5 Å². The average molecular weight is 313 g/mol. The SMILES string of the molecule is Cc1cccc(C(=O)Cc2cc(Br)cs2)c1F. The molecule has 0 amide bonds. The first-order valence-electron chi connectivity index (χ1n) is 5.09. The molecule has 0 radical (unpaired) electrons. The van der Waals surface area contributed by atoms with Crippen LogP contribution in [0.4, 0.5) is 4.39 Å². The zero-order chi connectivity index (χ0) is 12.4. The second-order valence-electron chi connectivity index (χ2n) is 3.77. The molecule has 0 saturated carbocycles. The Balaban J connectivity index is 2.23. The van der Waals surface area contributed by atoms with Crippen molar-refractivity contribution in [2.45, 2.75) is 13.3 Å². The van der Waals surface area contributed by atoms with Crippen LogP contribution in [0.1, 0.15) is 20.8 Å². The van der Waals surface area contributed by atoms with Gasteiger partial charge in [-0.2, -0.15) is 0 Å². The zero-order valence-corrected chi connectivity index (χ0v) is 11.6. The molecular weight excluding hydrogens is 303 g/mol. The van der Waals surface area contributed by atoms with Crippen LogP contribution in [0.3, 0.4) is 0 Å². The van der Waals surface area contributed by atoms with Crippen molar-refractivity contribution in [3.63, 3.8) is 0 Å². The van der Waals surface area contributed by atoms with Crippen molar-refractivity contribution in [2.75, 3.05) is 0 Å². The van der Waals surface area contributed by atoms with E-state index in [2.05, 4.69) is 15.9 Å². The molecule has 0 atom stereocenters. The van der Waals surface area contributed by atoms with Gasteiger partial charge in [0, 0.05) is 21.2 Å². The Morgan fingerprint density at radius 1 is 1.47 bits per heavy atom. The Kier molecular flexibility index (Phi) is 3.74. The van der Waals surface area contributed by atoms with Gasteiger partial charge in [0.25, 0.3) is 0 Å². The molecule has 1 nitrogen and oxygen atoms in total. The van der Waals surface area contributed by atoms with Crippen molar-refractivity contribution >= 4 is 33.0 Å². The number of Topliss-reactive ketones (excluding diaryl/α,β-unsaturated/α-hetero) is 1. The van der Waals surface area contributed by atoms with Crippen LogP contribution in [-0.4, -0.2) is 5.78 Å². The standard InChI is InChI=1S/C13H10BrFOS/c1-8-3-2-4-11(13(8)15)12(16)6-10-5-9(14)7-17-10/h2-5,7H,6H2,1H3. The van der Waals surface area contributed by atoms with Crippen LogP contribution in [0.2, 0.25) is 0 Å². The quantitative estimate of drug-likeness (QED) is 0.768. The van der Waals surface area contributed by atoms with Crippen molar-refractivity contribution in [1.29, 1.82) is 0 Å². The molecular formula is C13H10BrFOS. The largest absolute Gasteiger partial charge is 0.294 e. The third-order valence-corrected chi connectivity index (χ3v) is 4.15. The predicted octanol–water partition coefficient (Wildman–Crippen LogP) is 4.38. The van der Waals surface area contributed by atoms with E-state index in [-0.39, 0.29) is 17.8 Å². The summed E-state index contributed by atoms with van der Waals surface area (Å²) in [5.41, 5.74) is 0.678.